The van der Waals surface area contributed by atoms with E-state index < -0.39 is 29.2 Å². The van der Waals surface area contributed by atoms with Crippen molar-refractivity contribution in [2.24, 2.45) is 5.41 Å². The first-order chi connectivity index (χ1) is 10.3. The molecule has 1 aromatic carbocycles. The highest BCUT2D eigenvalue weighted by Gasteiger charge is 2.42. The van der Waals surface area contributed by atoms with Crippen molar-refractivity contribution in [3.8, 4) is 0 Å². The van der Waals surface area contributed by atoms with Crippen molar-refractivity contribution in [1.82, 2.24) is 5.06 Å². The van der Waals surface area contributed by atoms with Crippen molar-refractivity contribution in [1.29, 1.82) is 0 Å². The summed E-state index contributed by atoms with van der Waals surface area (Å²) in [6, 6.07) is 6.17. The van der Waals surface area contributed by atoms with Gasteiger partial charge in [-0.3, -0.25) is 14.4 Å². The number of methoxy groups -OCH3 is 1. The van der Waals surface area contributed by atoms with Crippen LogP contribution in [0.4, 0.5) is 0 Å². The first-order valence-corrected chi connectivity index (χ1v) is 6.55. The van der Waals surface area contributed by atoms with Crippen LogP contribution in [0.1, 0.15) is 41.0 Å². The molecule has 0 saturated carbocycles. The van der Waals surface area contributed by atoms with Gasteiger partial charge in [0.15, 0.2) is 0 Å². The average molecular weight is 305 g/mol. The van der Waals surface area contributed by atoms with Crippen LogP contribution < -0.4 is 0 Å². The minimum absolute atomic E-state index is 0.172. The molecule has 2 amide bonds. The van der Waals surface area contributed by atoms with Crippen molar-refractivity contribution in [2.45, 2.75) is 20.3 Å². The highest BCUT2D eigenvalue weighted by molar-refractivity contribution is 6.20. The molecule has 22 heavy (non-hydrogen) atoms. The van der Waals surface area contributed by atoms with E-state index in [4.69, 9.17) is 4.84 Å². The number of amides is 2. The number of rotatable bonds is 4. The second-order valence-electron chi connectivity index (χ2n) is 5.47. The lowest BCUT2D eigenvalue weighted by Gasteiger charge is -2.23. The van der Waals surface area contributed by atoms with E-state index in [0.717, 1.165) is 0 Å². The van der Waals surface area contributed by atoms with Crippen LogP contribution in [0.5, 0.6) is 0 Å². The summed E-state index contributed by atoms with van der Waals surface area (Å²) >= 11 is 0. The summed E-state index contributed by atoms with van der Waals surface area (Å²) in [5, 5.41) is 0.423. The maximum Gasteiger partial charge on any atom is 0.339 e. The largest absolute Gasteiger partial charge is 0.469 e. The average Bonchev–Trinajstić information content (AvgIpc) is 2.72. The topological polar surface area (TPSA) is 90.0 Å². The number of imide groups is 1. The van der Waals surface area contributed by atoms with Gasteiger partial charge < -0.3 is 9.57 Å². The zero-order valence-electron chi connectivity index (χ0n) is 12.4. The Kier molecular flexibility index (Phi) is 3.99. The third kappa shape index (κ3) is 2.69. The quantitative estimate of drug-likeness (QED) is 0.616. The second-order valence-corrected chi connectivity index (χ2v) is 5.47. The molecule has 0 radical (unpaired) electrons. The van der Waals surface area contributed by atoms with Gasteiger partial charge in [-0.2, -0.15) is 0 Å². The zero-order chi connectivity index (χ0) is 16.5. The van der Waals surface area contributed by atoms with Gasteiger partial charge in [0.2, 0.25) is 0 Å². The molecular formula is C15H15NO6. The number of ether oxygens (including phenoxy) is 1. The molecule has 0 N–H and O–H groups in total. The first-order valence-electron chi connectivity index (χ1n) is 6.55. The predicted octanol–water partition coefficient (Wildman–Crippen LogP) is 1.33. The van der Waals surface area contributed by atoms with Crippen LogP contribution >= 0.6 is 0 Å². The molecule has 0 saturated heterocycles. The number of benzene rings is 1. The van der Waals surface area contributed by atoms with E-state index in [-0.39, 0.29) is 17.5 Å². The van der Waals surface area contributed by atoms with Crippen LogP contribution in [-0.4, -0.2) is 35.9 Å². The Morgan fingerprint density at radius 3 is 2.05 bits per heavy atom. The van der Waals surface area contributed by atoms with Crippen LogP contribution in [0.2, 0.25) is 0 Å². The second kappa shape index (κ2) is 5.59. The van der Waals surface area contributed by atoms with Gasteiger partial charge in [-0.05, 0) is 26.0 Å². The van der Waals surface area contributed by atoms with E-state index in [1.165, 1.54) is 33.1 Å². The number of carbonyl (C=O) groups is 4. The molecule has 1 heterocycles. The van der Waals surface area contributed by atoms with E-state index in [0.29, 0.717) is 5.06 Å². The fourth-order valence-electron chi connectivity index (χ4n) is 1.96. The SMILES string of the molecule is COC(=O)CC(C)(C)C(=O)ON1C(=O)c2ccccc2C1=O. The third-order valence-corrected chi connectivity index (χ3v) is 3.30. The fourth-order valence-corrected chi connectivity index (χ4v) is 1.96. The van der Waals surface area contributed by atoms with Gasteiger partial charge >= 0.3 is 11.9 Å². The molecule has 0 bridgehead atoms. The third-order valence-electron chi connectivity index (χ3n) is 3.30. The molecule has 116 valence electrons. The Morgan fingerprint density at radius 2 is 1.59 bits per heavy atom. The summed E-state index contributed by atoms with van der Waals surface area (Å²) < 4.78 is 4.50. The van der Waals surface area contributed by atoms with Crippen molar-refractivity contribution >= 4 is 23.8 Å². The van der Waals surface area contributed by atoms with Gasteiger partial charge in [0.1, 0.15) is 0 Å². The molecule has 1 aromatic rings. The van der Waals surface area contributed by atoms with Gasteiger partial charge in [-0.15, -0.1) is 0 Å². The molecule has 0 aliphatic carbocycles. The Morgan fingerprint density at radius 1 is 1.09 bits per heavy atom. The maximum absolute atomic E-state index is 12.1. The monoisotopic (exact) mass is 305 g/mol. The smallest absolute Gasteiger partial charge is 0.339 e. The number of carbonyl (C=O) groups excluding carboxylic acids is 4. The first kappa shape index (κ1) is 15.7. The lowest BCUT2D eigenvalue weighted by molar-refractivity contribution is -0.181. The summed E-state index contributed by atoms with van der Waals surface area (Å²) in [5.74, 6) is -2.87. The van der Waals surface area contributed by atoms with Gasteiger partial charge in [-0.25, -0.2) is 4.79 Å². The Labute approximate surface area is 126 Å². The number of hydroxylamine groups is 2. The van der Waals surface area contributed by atoms with Crippen molar-refractivity contribution in [2.75, 3.05) is 7.11 Å². The summed E-state index contributed by atoms with van der Waals surface area (Å²) in [5.41, 5.74) is -0.889. The lowest BCUT2D eigenvalue weighted by Crippen LogP contribution is -2.39. The van der Waals surface area contributed by atoms with E-state index in [1.807, 2.05) is 0 Å². The minimum atomic E-state index is -1.23. The van der Waals surface area contributed by atoms with Crippen LogP contribution in [0.25, 0.3) is 0 Å². The summed E-state index contributed by atoms with van der Waals surface area (Å²) in [7, 11) is 1.20. The number of esters is 1. The van der Waals surface area contributed by atoms with E-state index >= 15 is 0 Å². The van der Waals surface area contributed by atoms with Crippen LogP contribution in [-0.2, 0) is 19.2 Å². The lowest BCUT2D eigenvalue weighted by atomic mass is 9.90. The molecule has 2 rings (SSSR count). The van der Waals surface area contributed by atoms with Gasteiger partial charge in [0.05, 0.1) is 30.1 Å². The molecule has 1 aliphatic heterocycles. The molecule has 7 heteroatoms. The van der Waals surface area contributed by atoms with Crippen molar-refractivity contribution in [3.05, 3.63) is 35.4 Å². The standard InChI is InChI=1S/C15H15NO6/c1-15(2,8-11(17)21-3)14(20)22-16-12(18)9-6-4-5-7-10(9)13(16)19/h4-7H,8H2,1-3H3. The van der Waals surface area contributed by atoms with Crippen LogP contribution in [0.3, 0.4) is 0 Å². The Hall–Kier alpha value is -2.70. The molecule has 0 spiro atoms. The predicted molar refractivity (Wildman–Crippen MR) is 73.4 cm³/mol. The Bertz CT molecular complexity index is 629. The van der Waals surface area contributed by atoms with Gasteiger partial charge in [-0.1, -0.05) is 17.2 Å². The van der Waals surface area contributed by atoms with Crippen LogP contribution in [0.15, 0.2) is 24.3 Å². The molecule has 0 fully saturated rings. The van der Waals surface area contributed by atoms with Crippen molar-refractivity contribution in [3.63, 3.8) is 0 Å². The molecule has 0 aromatic heterocycles. The number of hydrogen-bond acceptors (Lipinski definition) is 6. The summed E-state index contributed by atoms with van der Waals surface area (Å²) in [6.45, 7) is 2.93. The minimum Gasteiger partial charge on any atom is -0.469 e. The number of hydrogen-bond donors (Lipinski definition) is 0. The van der Waals surface area contributed by atoms with E-state index in [1.54, 1.807) is 12.1 Å². The molecule has 0 atom stereocenters. The Balaban J connectivity index is 2.15. The van der Waals surface area contributed by atoms with E-state index in [9.17, 15) is 19.2 Å². The molecular weight excluding hydrogens is 290 g/mol. The number of nitrogens with zero attached hydrogens (tertiary/aromatic N) is 1. The van der Waals surface area contributed by atoms with Crippen molar-refractivity contribution < 1.29 is 28.8 Å². The summed E-state index contributed by atoms with van der Waals surface area (Å²) in [6.07, 6.45) is -0.231. The zero-order valence-corrected chi connectivity index (χ0v) is 12.4. The van der Waals surface area contributed by atoms with Crippen LogP contribution in [0, 0.1) is 5.41 Å². The van der Waals surface area contributed by atoms with Gasteiger partial charge in [0, 0.05) is 0 Å². The van der Waals surface area contributed by atoms with Gasteiger partial charge in [0.25, 0.3) is 11.8 Å². The molecule has 7 nitrogen and oxygen atoms in total. The summed E-state index contributed by atoms with van der Waals surface area (Å²) in [4.78, 5) is 52.5. The highest BCUT2D eigenvalue weighted by atomic mass is 16.7. The normalized spacial score (nSPS) is 13.9. The van der Waals surface area contributed by atoms with E-state index in [2.05, 4.69) is 4.74 Å². The maximum atomic E-state index is 12.1. The molecule has 1 aliphatic rings. The highest BCUT2D eigenvalue weighted by Crippen LogP contribution is 2.27. The fraction of sp³-hybridized carbons (Fsp3) is 0.333. The number of fused-ring (bicyclic) bond motifs is 1. The molecule has 0 unspecified atom stereocenters.